The third kappa shape index (κ3) is 3.17. The van der Waals surface area contributed by atoms with Gasteiger partial charge in [0.2, 0.25) is 5.13 Å². The van der Waals surface area contributed by atoms with Crippen molar-refractivity contribution in [1.29, 1.82) is 0 Å². The number of benzene rings is 1. The van der Waals surface area contributed by atoms with Gasteiger partial charge in [0, 0.05) is 12.1 Å². The van der Waals surface area contributed by atoms with E-state index >= 15 is 0 Å². The molecule has 0 unspecified atom stereocenters. The van der Waals surface area contributed by atoms with Crippen LogP contribution in [0.15, 0.2) is 24.3 Å². The molecule has 0 saturated carbocycles. The predicted octanol–water partition coefficient (Wildman–Crippen LogP) is 3.24. The van der Waals surface area contributed by atoms with Gasteiger partial charge < -0.3 is 10.1 Å². The van der Waals surface area contributed by atoms with Crippen LogP contribution < -0.4 is 10.1 Å². The molecule has 1 N–H and O–H groups in total. The molecule has 0 saturated heterocycles. The van der Waals surface area contributed by atoms with Gasteiger partial charge in [0.15, 0.2) is 0 Å². The van der Waals surface area contributed by atoms with Crippen LogP contribution in [0.4, 0.5) is 10.8 Å². The fraction of sp³-hybridized carbons (Fsp3) is 0.333. The molecule has 0 aliphatic rings. The molecule has 5 heteroatoms. The van der Waals surface area contributed by atoms with Gasteiger partial charge in [0.25, 0.3) is 0 Å². The number of hydrogen-bond donors (Lipinski definition) is 1. The van der Waals surface area contributed by atoms with Crippen LogP contribution in [-0.2, 0) is 6.42 Å². The maximum Gasteiger partial charge on any atom is 0.210 e. The van der Waals surface area contributed by atoms with E-state index in [0.717, 1.165) is 34.4 Å². The normalized spacial score (nSPS) is 10.2. The topological polar surface area (TPSA) is 47.0 Å². The Labute approximate surface area is 105 Å². The molecule has 2 rings (SSSR count). The minimum absolute atomic E-state index is 0.832. The molecule has 0 amide bonds. The molecule has 0 bridgehead atoms. The monoisotopic (exact) mass is 249 g/mol. The number of ether oxygens (including phenoxy) is 1. The first kappa shape index (κ1) is 11.9. The van der Waals surface area contributed by atoms with Gasteiger partial charge in [-0.15, -0.1) is 10.2 Å². The van der Waals surface area contributed by atoms with E-state index in [9.17, 15) is 0 Å². The van der Waals surface area contributed by atoms with Gasteiger partial charge in [0.05, 0.1) is 7.11 Å². The first-order valence-corrected chi connectivity index (χ1v) is 6.37. The molecule has 2 aromatic rings. The zero-order valence-electron chi connectivity index (χ0n) is 9.93. The first-order valence-electron chi connectivity index (χ1n) is 5.55. The van der Waals surface area contributed by atoms with Gasteiger partial charge in [-0.2, -0.15) is 0 Å². The van der Waals surface area contributed by atoms with Gasteiger partial charge in [-0.25, -0.2) is 0 Å². The summed E-state index contributed by atoms with van der Waals surface area (Å²) in [5.74, 6) is 0.847. The highest BCUT2D eigenvalue weighted by atomic mass is 32.1. The fourth-order valence-corrected chi connectivity index (χ4v) is 2.28. The summed E-state index contributed by atoms with van der Waals surface area (Å²) in [6, 6.07) is 7.74. The third-order valence-corrected chi connectivity index (χ3v) is 3.17. The summed E-state index contributed by atoms with van der Waals surface area (Å²) >= 11 is 1.60. The van der Waals surface area contributed by atoms with Gasteiger partial charge in [-0.3, -0.25) is 0 Å². The molecule has 1 aromatic heterocycles. The molecule has 0 spiro atoms. The Morgan fingerprint density at radius 3 is 2.65 bits per heavy atom. The lowest BCUT2D eigenvalue weighted by molar-refractivity contribution is 0.415. The zero-order chi connectivity index (χ0) is 12.1. The Balaban J connectivity index is 2.03. The van der Waals surface area contributed by atoms with Crippen LogP contribution in [0.5, 0.6) is 5.75 Å². The summed E-state index contributed by atoms with van der Waals surface area (Å²) in [5.41, 5.74) is 0.991. The molecule has 0 fully saturated rings. The second-order valence-electron chi connectivity index (χ2n) is 3.60. The van der Waals surface area contributed by atoms with Gasteiger partial charge in [-0.05, 0) is 30.7 Å². The van der Waals surface area contributed by atoms with Gasteiger partial charge in [-0.1, -0.05) is 18.3 Å². The zero-order valence-corrected chi connectivity index (χ0v) is 10.8. The van der Waals surface area contributed by atoms with Crippen LogP contribution in [0.25, 0.3) is 0 Å². The second-order valence-corrected chi connectivity index (χ2v) is 4.67. The molecule has 4 nitrogen and oxygen atoms in total. The number of rotatable bonds is 5. The van der Waals surface area contributed by atoms with Crippen molar-refractivity contribution in [3.8, 4) is 5.75 Å². The Morgan fingerprint density at radius 2 is 2.00 bits per heavy atom. The van der Waals surface area contributed by atoms with E-state index in [1.54, 1.807) is 18.4 Å². The van der Waals surface area contributed by atoms with E-state index in [1.165, 1.54) is 0 Å². The Morgan fingerprint density at radius 1 is 1.24 bits per heavy atom. The van der Waals surface area contributed by atoms with Crippen LogP contribution in [0.1, 0.15) is 18.4 Å². The summed E-state index contributed by atoms with van der Waals surface area (Å²) < 4.78 is 5.10. The molecular weight excluding hydrogens is 234 g/mol. The molecule has 1 heterocycles. The number of methoxy groups -OCH3 is 1. The summed E-state index contributed by atoms with van der Waals surface area (Å²) in [6.45, 7) is 2.14. The van der Waals surface area contributed by atoms with Crippen molar-refractivity contribution in [2.45, 2.75) is 19.8 Å². The Bertz CT molecular complexity index is 467. The lowest BCUT2D eigenvalue weighted by Gasteiger charge is -2.03. The number of hydrogen-bond acceptors (Lipinski definition) is 5. The largest absolute Gasteiger partial charge is 0.497 e. The van der Waals surface area contributed by atoms with Gasteiger partial charge >= 0.3 is 0 Å². The predicted molar refractivity (Wildman–Crippen MR) is 70.2 cm³/mol. The highest BCUT2D eigenvalue weighted by molar-refractivity contribution is 7.15. The van der Waals surface area contributed by atoms with Crippen molar-refractivity contribution in [3.63, 3.8) is 0 Å². The average molecular weight is 249 g/mol. The minimum Gasteiger partial charge on any atom is -0.497 e. The number of aromatic nitrogens is 2. The van der Waals surface area contributed by atoms with Gasteiger partial charge in [0.1, 0.15) is 10.8 Å². The fourth-order valence-electron chi connectivity index (χ4n) is 1.42. The highest BCUT2D eigenvalue weighted by Crippen LogP contribution is 2.23. The summed E-state index contributed by atoms with van der Waals surface area (Å²) in [5, 5.41) is 13.3. The van der Waals surface area contributed by atoms with Crippen molar-refractivity contribution in [1.82, 2.24) is 10.2 Å². The SMILES string of the molecule is CCCc1nnc(Nc2ccc(OC)cc2)s1. The van der Waals surface area contributed by atoms with E-state index < -0.39 is 0 Å². The van der Waals surface area contributed by atoms with Crippen LogP contribution in [-0.4, -0.2) is 17.3 Å². The smallest absolute Gasteiger partial charge is 0.210 e. The van der Waals surface area contributed by atoms with Crippen molar-refractivity contribution < 1.29 is 4.74 Å². The second kappa shape index (κ2) is 5.63. The highest BCUT2D eigenvalue weighted by Gasteiger charge is 2.03. The molecule has 1 aromatic carbocycles. The van der Waals surface area contributed by atoms with Crippen molar-refractivity contribution >= 4 is 22.2 Å². The molecule has 0 atom stereocenters. The number of nitrogens with one attached hydrogen (secondary N) is 1. The molecular formula is C12H15N3OS. The Hall–Kier alpha value is -1.62. The molecule has 17 heavy (non-hydrogen) atoms. The molecule has 0 aliphatic carbocycles. The summed E-state index contributed by atoms with van der Waals surface area (Å²) in [7, 11) is 1.66. The average Bonchev–Trinajstić information content (AvgIpc) is 2.78. The van der Waals surface area contributed by atoms with E-state index in [-0.39, 0.29) is 0 Å². The van der Waals surface area contributed by atoms with E-state index in [4.69, 9.17) is 4.74 Å². The van der Waals surface area contributed by atoms with Crippen molar-refractivity contribution in [3.05, 3.63) is 29.3 Å². The summed E-state index contributed by atoms with van der Waals surface area (Å²) in [6.07, 6.45) is 2.08. The van der Waals surface area contributed by atoms with Crippen molar-refractivity contribution in [2.75, 3.05) is 12.4 Å². The maximum atomic E-state index is 5.10. The van der Waals surface area contributed by atoms with E-state index in [1.807, 2.05) is 24.3 Å². The van der Waals surface area contributed by atoms with E-state index in [2.05, 4.69) is 22.4 Å². The molecule has 0 aliphatic heterocycles. The summed E-state index contributed by atoms with van der Waals surface area (Å²) in [4.78, 5) is 0. The minimum atomic E-state index is 0.832. The third-order valence-electron chi connectivity index (χ3n) is 2.27. The van der Waals surface area contributed by atoms with E-state index in [0.29, 0.717) is 0 Å². The van der Waals surface area contributed by atoms with Crippen LogP contribution in [0.2, 0.25) is 0 Å². The van der Waals surface area contributed by atoms with Crippen LogP contribution >= 0.6 is 11.3 Å². The van der Waals surface area contributed by atoms with Crippen molar-refractivity contribution in [2.24, 2.45) is 0 Å². The maximum absolute atomic E-state index is 5.10. The quantitative estimate of drug-likeness (QED) is 0.883. The Kier molecular flexibility index (Phi) is 3.93. The van der Waals surface area contributed by atoms with Crippen LogP contribution in [0, 0.1) is 0 Å². The molecule has 90 valence electrons. The molecule has 0 radical (unpaired) electrons. The number of nitrogens with zero attached hydrogens (tertiary/aromatic N) is 2. The first-order chi connectivity index (χ1) is 8.31. The van der Waals surface area contributed by atoms with Crippen LogP contribution in [0.3, 0.4) is 0 Å². The lowest BCUT2D eigenvalue weighted by Crippen LogP contribution is -1.89. The standard InChI is InChI=1S/C12H15N3OS/c1-3-4-11-14-15-12(17-11)13-9-5-7-10(16-2)8-6-9/h5-8H,3-4H2,1-2H3,(H,13,15). The lowest BCUT2D eigenvalue weighted by atomic mass is 10.3. The number of anilines is 2. The number of aryl methyl sites for hydroxylation is 1.